The van der Waals surface area contributed by atoms with Crippen LogP contribution in [-0.2, 0) is 10.8 Å². The summed E-state index contributed by atoms with van der Waals surface area (Å²) in [7, 11) is -0.736. The summed E-state index contributed by atoms with van der Waals surface area (Å²) in [5.74, 6) is 1.53. The minimum absolute atomic E-state index is 0.600. The maximum atomic E-state index is 10.8. The predicted molar refractivity (Wildman–Crippen MR) is 69.4 cm³/mol. The van der Waals surface area contributed by atoms with Gasteiger partial charge < -0.3 is 10.5 Å². The molecule has 0 fully saturated rings. The van der Waals surface area contributed by atoms with Crippen LogP contribution in [0.1, 0.15) is 17.5 Å². The van der Waals surface area contributed by atoms with Crippen molar-refractivity contribution in [2.45, 2.75) is 20.3 Å². The van der Waals surface area contributed by atoms with Crippen LogP contribution < -0.4 is 10.5 Å². The molecular formula is C12H19NO2S. The van der Waals surface area contributed by atoms with Gasteiger partial charge in [-0.1, -0.05) is 0 Å². The number of rotatable bonds is 5. The van der Waals surface area contributed by atoms with Crippen LogP contribution in [-0.4, -0.2) is 22.8 Å². The van der Waals surface area contributed by atoms with Gasteiger partial charge in [-0.05, 0) is 43.5 Å². The lowest BCUT2D eigenvalue weighted by molar-refractivity contribution is 0.318. The van der Waals surface area contributed by atoms with Gasteiger partial charge >= 0.3 is 0 Å². The van der Waals surface area contributed by atoms with E-state index < -0.39 is 10.8 Å². The molecule has 16 heavy (non-hydrogen) atoms. The van der Waals surface area contributed by atoms with Crippen molar-refractivity contribution in [2.24, 2.45) is 0 Å². The number of hydrogen-bond donors (Lipinski definition) is 1. The van der Waals surface area contributed by atoms with Crippen LogP contribution in [0, 0.1) is 13.8 Å². The van der Waals surface area contributed by atoms with Crippen LogP contribution in [0.5, 0.6) is 5.75 Å². The second kappa shape index (κ2) is 5.89. The van der Waals surface area contributed by atoms with E-state index in [1.165, 1.54) is 0 Å². The Labute approximate surface area is 99.4 Å². The summed E-state index contributed by atoms with van der Waals surface area (Å²) < 4.78 is 16.4. The van der Waals surface area contributed by atoms with Crippen LogP contribution in [0.25, 0.3) is 0 Å². The molecule has 1 unspecified atom stereocenters. The predicted octanol–water partition coefficient (Wildman–Crippen LogP) is 2.03. The van der Waals surface area contributed by atoms with Gasteiger partial charge in [0.15, 0.2) is 0 Å². The van der Waals surface area contributed by atoms with Gasteiger partial charge in [-0.15, -0.1) is 0 Å². The Morgan fingerprint density at radius 1 is 1.31 bits per heavy atom. The molecule has 1 atom stereocenters. The molecule has 4 heteroatoms. The monoisotopic (exact) mass is 241 g/mol. The number of nitrogen functional groups attached to an aromatic ring is 1. The number of benzene rings is 1. The number of anilines is 1. The average molecular weight is 241 g/mol. The van der Waals surface area contributed by atoms with Crippen molar-refractivity contribution in [3.8, 4) is 5.75 Å². The van der Waals surface area contributed by atoms with Crippen LogP contribution in [0.2, 0.25) is 0 Å². The fraction of sp³-hybridized carbons (Fsp3) is 0.500. The summed E-state index contributed by atoms with van der Waals surface area (Å²) >= 11 is 0. The molecule has 0 heterocycles. The van der Waals surface area contributed by atoms with E-state index in [1.807, 2.05) is 26.0 Å². The number of aryl methyl sites for hydroxylation is 2. The highest BCUT2D eigenvalue weighted by Crippen LogP contribution is 2.23. The lowest BCUT2D eigenvalue weighted by Crippen LogP contribution is -2.04. The Balaban J connectivity index is 2.52. The molecule has 0 bridgehead atoms. The molecule has 1 rings (SSSR count). The van der Waals surface area contributed by atoms with Crippen LogP contribution in [0.4, 0.5) is 5.69 Å². The Kier molecular flexibility index (Phi) is 4.80. The molecule has 0 aromatic heterocycles. The molecule has 0 radical (unpaired) electrons. The van der Waals surface area contributed by atoms with Gasteiger partial charge in [-0.25, -0.2) is 0 Å². The largest absolute Gasteiger partial charge is 0.494 e. The zero-order valence-electron chi connectivity index (χ0n) is 10.1. The highest BCUT2D eigenvalue weighted by Gasteiger charge is 2.02. The minimum atomic E-state index is -0.736. The maximum Gasteiger partial charge on any atom is 0.119 e. The van der Waals surface area contributed by atoms with Gasteiger partial charge in [0.25, 0.3) is 0 Å². The molecule has 1 aromatic rings. The van der Waals surface area contributed by atoms with E-state index in [0.717, 1.165) is 29.0 Å². The van der Waals surface area contributed by atoms with E-state index in [9.17, 15) is 4.21 Å². The van der Waals surface area contributed by atoms with Crippen molar-refractivity contribution in [3.05, 3.63) is 23.3 Å². The fourth-order valence-electron chi connectivity index (χ4n) is 1.47. The molecule has 2 N–H and O–H groups in total. The van der Waals surface area contributed by atoms with Gasteiger partial charge in [0.2, 0.25) is 0 Å². The average Bonchev–Trinajstić information content (AvgIpc) is 2.20. The van der Waals surface area contributed by atoms with Gasteiger partial charge in [-0.3, -0.25) is 4.21 Å². The highest BCUT2D eigenvalue weighted by atomic mass is 32.2. The minimum Gasteiger partial charge on any atom is -0.494 e. The van der Waals surface area contributed by atoms with E-state index in [4.69, 9.17) is 10.5 Å². The SMILES string of the molecule is Cc1cc(OCCCS(C)=O)cc(C)c1N. The first-order valence-electron chi connectivity index (χ1n) is 5.30. The van der Waals surface area contributed by atoms with Crippen molar-refractivity contribution in [1.82, 2.24) is 0 Å². The summed E-state index contributed by atoms with van der Waals surface area (Å²) in [6.07, 6.45) is 2.52. The zero-order chi connectivity index (χ0) is 12.1. The van der Waals surface area contributed by atoms with Gasteiger partial charge in [0.05, 0.1) is 6.61 Å². The van der Waals surface area contributed by atoms with Gasteiger partial charge in [-0.2, -0.15) is 0 Å². The normalized spacial score (nSPS) is 12.4. The number of hydrogen-bond acceptors (Lipinski definition) is 3. The summed E-state index contributed by atoms with van der Waals surface area (Å²) in [5.41, 5.74) is 8.74. The van der Waals surface area contributed by atoms with Crippen LogP contribution >= 0.6 is 0 Å². The van der Waals surface area contributed by atoms with E-state index in [1.54, 1.807) is 6.26 Å². The van der Waals surface area contributed by atoms with Crippen LogP contribution in [0.3, 0.4) is 0 Å². The fourth-order valence-corrected chi connectivity index (χ4v) is 1.99. The van der Waals surface area contributed by atoms with Crippen molar-refractivity contribution in [1.29, 1.82) is 0 Å². The Bertz CT molecular complexity index is 368. The Hall–Kier alpha value is -1.03. The van der Waals surface area contributed by atoms with E-state index in [-0.39, 0.29) is 0 Å². The zero-order valence-corrected chi connectivity index (χ0v) is 10.9. The molecule has 3 nitrogen and oxygen atoms in total. The first kappa shape index (κ1) is 13.0. The lowest BCUT2D eigenvalue weighted by Gasteiger charge is -2.10. The number of nitrogens with two attached hydrogens (primary N) is 1. The van der Waals surface area contributed by atoms with Gasteiger partial charge in [0.1, 0.15) is 5.75 Å². The third-order valence-corrected chi connectivity index (χ3v) is 3.28. The molecule has 0 aliphatic rings. The van der Waals surface area contributed by atoms with Crippen molar-refractivity contribution >= 4 is 16.5 Å². The van der Waals surface area contributed by atoms with Crippen molar-refractivity contribution in [2.75, 3.05) is 24.3 Å². The molecule has 0 amide bonds. The summed E-state index contributed by atoms with van der Waals surface area (Å²) in [5, 5.41) is 0. The Morgan fingerprint density at radius 3 is 2.38 bits per heavy atom. The number of ether oxygens (including phenoxy) is 1. The third kappa shape index (κ3) is 3.85. The van der Waals surface area contributed by atoms with E-state index in [0.29, 0.717) is 12.4 Å². The molecule has 0 saturated heterocycles. The summed E-state index contributed by atoms with van der Waals surface area (Å²) in [6, 6.07) is 3.87. The molecule has 90 valence electrons. The summed E-state index contributed by atoms with van der Waals surface area (Å²) in [6.45, 7) is 4.54. The first-order chi connectivity index (χ1) is 7.50. The van der Waals surface area contributed by atoms with Crippen LogP contribution in [0.15, 0.2) is 12.1 Å². The summed E-state index contributed by atoms with van der Waals surface area (Å²) in [4.78, 5) is 0. The van der Waals surface area contributed by atoms with E-state index >= 15 is 0 Å². The topological polar surface area (TPSA) is 52.3 Å². The smallest absolute Gasteiger partial charge is 0.119 e. The standard InChI is InChI=1S/C12H19NO2S/c1-9-7-11(8-10(2)12(9)13)15-5-4-6-16(3)14/h7-8H,4-6,13H2,1-3H3. The lowest BCUT2D eigenvalue weighted by atomic mass is 10.1. The van der Waals surface area contributed by atoms with E-state index in [2.05, 4.69) is 0 Å². The third-order valence-electron chi connectivity index (χ3n) is 2.41. The molecular weight excluding hydrogens is 222 g/mol. The maximum absolute atomic E-state index is 10.8. The molecule has 0 aliphatic heterocycles. The quantitative estimate of drug-likeness (QED) is 0.634. The molecule has 0 aliphatic carbocycles. The second-order valence-corrected chi connectivity index (χ2v) is 5.50. The van der Waals surface area contributed by atoms with Crippen molar-refractivity contribution < 1.29 is 8.95 Å². The molecule has 0 spiro atoms. The second-order valence-electron chi connectivity index (χ2n) is 3.95. The van der Waals surface area contributed by atoms with Crippen molar-refractivity contribution in [3.63, 3.8) is 0 Å². The molecule has 1 aromatic carbocycles. The first-order valence-corrected chi connectivity index (χ1v) is 7.03. The highest BCUT2D eigenvalue weighted by molar-refractivity contribution is 7.84. The Morgan fingerprint density at radius 2 is 1.88 bits per heavy atom. The van der Waals surface area contributed by atoms with Gasteiger partial charge in [0, 0.05) is 28.5 Å². The molecule has 0 saturated carbocycles.